The predicted octanol–water partition coefficient (Wildman–Crippen LogP) is 5.19. The average Bonchev–Trinajstić information content (AvgIpc) is 2.57. The van der Waals surface area contributed by atoms with Gasteiger partial charge in [-0.15, -0.1) is 0 Å². The van der Waals surface area contributed by atoms with E-state index in [1.165, 1.54) is 0 Å². The molecule has 2 aromatic rings. The molecule has 0 saturated carbocycles. The van der Waals surface area contributed by atoms with Crippen LogP contribution in [0.1, 0.15) is 55.4 Å². The first kappa shape index (κ1) is 22.8. The van der Waals surface area contributed by atoms with Crippen molar-refractivity contribution in [3.63, 3.8) is 0 Å². The van der Waals surface area contributed by atoms with E-state index in [0.717, 1.165) is 32.2 Å². The van der Waals surface area contributed by atoms with Crippen LogP contribution in [0.5, 0.6) is 0 Å². The van der Waals surface area contributed by atoms with Crippen molar-refractivity contribution < 1.29 is 0 Å². The molecule has 0 N–H and O–H groups in total. The molecular weight excluding hydrogens is 378 g/mol. The second-order valence-electron chi connectivity index (χ2n) is 8.35. The molecule has 0 spiro atoms. The van der Waals surface area contributed by atoms with E-state index in [2.05, 4.69) is 104 Å². The summed E-state index contributed by atoms with van der Waals surface area (Å²) in [5.41, 5.74) is 2.91. The molecule has 0 aromatic heterocycles. The maximum Gasteiger partial charge on any atom is 0.123 e. The summed E-state index contributed by atoms with van der Waals surface area (Å²) < 4.78 is 0. The van der Waals surface area contributed by atoms with Crippen LogP contribution in [-0.4, -0.2) is 32.2 Å². The van der Waals surface area contributed by atoms with E-state index < -0.39 is 0 Å². The van der Waals surface area contributed by atoms with E-state index in [1.54, 1.807) is 21.0 Å². The van der Waals surface area contributed by atoms with Crippen molar-refractivity contribution in [1.82, 2.24) is 0 Å². The number of hydrogen-bond acceptors (Lipinski definition) is 0. The molecule has 0 nitrogen and oxygen atoms in total. The van der Waals surface area contributed by atoms with E-state index >= 15 is 0 Å². The van der Waals surface area contributed by atoms with Gasteiger partial charge >= 0.3 is 0 Å². The van der Waals surface area contributed by atoms with Gasteiger partial charge in [-0.2, -0.15) is 0 Å². The lowest BCUT2D eigenvalue weighted by Crippen LogP contribution is -2.44. The first-order chi connectivity index (χ1) is 12.7. The smallest absolute Gasteiger partial charge is 0.0702 e. The zero-order valence-electron chi connectivity index (χ0n) is 18.3. The third-order valence-corrected chi connectivity index (χ3v) is 13.0. The fourth-order valence-electron chi connectivity index (χ4n) is 4.06. The highest BCUT2D eigenvalue weighted by molar-refractivity contribution is 7.68. The number of hydrogen-bond donors (Lipinski definition) is 0. The minimum Gasteiger partial charge on any atom is -0.0702 e. The van der Waals surface area contributed by atoms with Crippen molar-refractivity contribution in [2.75, 3.05) is 0 Å². The molecule has 0 aliphatic rings. The normalized spacial score (nSPS) is 12.4. The first-order valence-corrected chi connectivity index (χ1v) is 14.2. The van der Waals surface area contributed by atoms with E-state index in [-0.39, 0.29) is 15.8 Å². The van der Waals surface area contributed by atoms with Crippen LogP contribution in [0.25, 0.3) is 0 Å². The molecule has 0 aliphatic carbocycles. The Kier molecular flexibility index (Phi) is 8.73. The maximum absolute atomic E-state index is 2.41. The van der Waals surface area contributed by atoms with Crippen molar-refractivity contribution in [2.24, 2.45) is 0 Å². The minimum absolute atomic E-state index is 0.128. The summed E-state index contributed by atoms with van der Waals surface area (Å²) in [5.74, 6) is 0. The van der Waals surface area contributed by atoms with E-state index in [0.29, 0.717) is 0 Å². The summed E-state index contributed by atoms with van der Waals surface area (Å²) in [4.78, 5) is 0. The van der Waals surface area contributed by atoms with Gasteiger partial charge in [-0.3, -0.25) is 0 Å². The quantitative estimate of drug-likeness (QED) is 0.412. The zero-order chi connectivity index (χ0) is 20.1. The topological polar surface area (TPSA) is 0 Å². The Labute approximate surface area is 172 Å². The van der Waals surface area contributed by atoms with Gasteiger partial charge in [0.2, 0.25) is 0 Å². The SMILES string of the molecule is CC(C)P(c1ccccc1[Si]c1ccccc1P(C(C)C)C(C)C)C(C)C. The third kappa shape index (κ3) is 5.76. The fraction of sp³-hybridized carbons (Fsp3) is 0.500. The van der Waals surface area contributed by atoms with Crippen LogP contribution in [0.2, 0.25) is 0 Å². The van der Waals surface area contributed by atoms with Crippen LogP contribution in [0.4, 0.5) is 0 Å². The molecule has 0 atom stereocenters. The lowest BCUT2D eigenvalue weighted by atomic mass is 10.3. The average molecular weight is 415 g/mol. The molecule has 2 aromatic carbocycles. The van der Waals surface area contributed by atoms with Crippen LogP contribution in [0.3, 0.4) is 0 Å². The van der Waals surface area contributed by atoms with Crippen molar-refractivity contribution in [3.8, 4) is 0 Å². The molecule has 27 heavy (non-hydrogen) atoms. The van der Waals surface area contributed by atoms with Crippen molar-refractivity contribution in [3.05, 3.63) is 48.5 Å². The van der Waals surface area contributed by atoms with Gasteiger partial charge in [0, 0.05) is 0 Å². The zero-order valence-corrected chi connectivity index (χ0v) is 21.1. The molecule has 0 heterocycles. The van der Waals surface area contributed by atoms with E-state index in [1.807, 2.05) is 0 Å². The molecule has 0 amide bonds. The Hall–Kier alpha value is -0.483. The highest BCUT2D eigenvalue weighted by Gasteiger charge is 2.24. The van der Waals surface area contributed by atoms with Crippen LogP contribution < -0.4 is 21.0 Å². The van der Waals surface area contributed by atoms with E-state index in [9.17, 15) is 0 Å². The van der Waals surface area contributed by atoms with E-state index in [4.69, 9.17) is 0 Å². The van der Waals surface area contributed by atoms with Gasteiger partial charge in [0.25, 0.3) is 0 Å². The predicted molar refractivity (Wildman–Crippen MR) is 132 cm³/mol. The summed E-state index contributed by atoms with van der Waals surface area (Å²) in [5, 5.41) is 6.40. The molecule has 3 heteroatoms. The Balaban J connectivity index is 2.48. The van der Waals surface area contributed by atoms with Crippen LogP contribution in [0.15, 0.2) is 48.5 Å². The maximum atomic E-state index is 2.41. The van der Waals surface area contributed by atoms with Gasteiger partial charge in [-0.25, -0.2) is 0 Å². The van der Waals surface area contributed by atoms with Crippen molar-refractivity contribution in [2.45, 2.75) is 78.0 Å². The first-order valence-electron chi connectivity index (χ1n) is 10.3. The molecule has 2 radical (unpaired) electrons. The summed E-state index contributed by atoms with van der Waals surface area (Å²) in [6, 6.07) is 18.5. The highest BCUT2D eigenvalue weighted by atomic mass is 31.1. The molecule has 0 fully saturated rings. The summed E-state index contributed by atoms with van der Waals surface area (Å²) >= 11 is 0. The molecule has 0 aliphatic heterocycles. The summed E-state index contributed by atoms with van der Waals surface area (Å²) in [6.45, 7) is 19.2. The Bertz CT molecular complexity index is 644. The van der Waals surface area contributed by atoms with Crippen LogP contribution in [-0.2, 0) is 0 Å². The lowest BCUT2D eigenvalue weighted by Gasteiger charge is -2.30. The monoisotopic (exact) mass is 414 g/mol. The van der Waals surface area contributed by atoms with Gasteiger partial charge < -0.3 is 0 Å². The van der Waals surface area contributed by atoms with Gasteiger partial charge in [0.1, 0.15) is 9.52 Å². The molecule has 146 valence electrons. The Morgan fingerprint density at radius 3 is 1.11 bits per heavy atom. The Morgan fingerprint density at radius 2 is 0.815 bits per heavy atom. The second-order valence-corrected chi connectivity index (χ2v) is 16.4. The summed E-state index contributed by atoms with van der Waals surface area (Å²) in [6.07, 6.45) is 0. The fourth-order valence-corrected chi connectivity index (χ4v) is 12.1. The van der Waals surface area contributed by atoms with Crippen LogP contribution in [0, 0.1) is 0 Å². The number of rotatable bonds is 8. The minimum atomic E-state index is -0.128. The summed E-state index contributed by atoms with van der Waals surface area (Å²) in [7, 11) is 0.506. The molecular formula is C24H36P2Si. The van der Waals surface area contributed by atoms with Crippen molar-refractivity contribution >= 4 is 46.3 Å². The lowest BCUT2D eigenvalue weighted by molar-refractivity contribution is 1.02. The standard InChI is InChI=1S/C24H36P2Si/c1-17(2)25(18(3)4)21-13-9-11-15-23(21)27-24-16-12-10-14-22(24)26(19(5)6)20(7)8/h9-20H,1-8H3. The van der Waals surface area contributed by atoms with Gasteiger partial charge in [0.05, 0.1) is 0 Å². The Morgan fingerprint density at radius 1 is 0.519 bits per heavy atom. The largest absolute Gasteiger partial charge is 0.123 e. The molecule has 0 bridgehead atoms. The van der Waals surface area contributed by atoms with Crippen LogP contribution >= 0.6 is 15.8 Å². The highest BCUT2D eigenvalue weighted by Crippen LogP contribution is 2.45. The third-order valence-electron chi connectivity index (χ3n) is 4.86. The van der Waals surface area contributed by atoms with Gasteiger partial charge in [-0.05, 0) is 33.2 Å². The molecule has 0 unspecified atom stereocenters. The van der Waals surface area contributed by atoms with Gasteiger partial charge in [0.15, 0.2) is 0 Å². The molecule has 2 rings (SSSR count). The number of benzene rings is 2. The molecule has 0 saturated heterocycles. The van der Waals surface area contributed by atoms with Gasteiger partial charge in [-0.1, -0.05) is 130 Å². The van der Waals surface area contributed by atoms with Crippen molar-refractivity contribution in [1.29, 1.82) is 0 Å². The second kappa shape index (κ2) is 10.3.